The highest BCUT2D eigenvalue weighted by Gasteiger charge is 2.29. The Balaban J connectivity index is 1.44. The quantitative estimate of drug-likeness (QED) is 0.364. The Morgan fingerprint density at radius 3 is 2.37 bits per heavy atom. The van der Waals surface area contributed by atoms with Crippen LogP contribution in [-0.4, -0.2) is 44.5 Å². The van der Waals surface area contributed by atoms with Crippen molar-refractivity contribution in [2.45, 2.75) is 26.2 Å². The second-order valence-electron chi connectivity index (χ2n) is 9.95. The van der Waals surface area contributed by atoms with Gasteiger partial charge in [0.25, 0.3) is 0 Å². The minimum absolute atomic E-state index is 0.126. The van der Waals surface area contributed by atoms with Crippen LogP contribution in [0.2, 0.25) is 0 Å². The maximum atomic E-state index is 14.7. The van der Waals surface area contributed by atoms with Crippen LogP contribution >= 0.6 is 0 Å². The molecule has 0 bridgehead atoms. The van der Waals surface area contributed by atoms with Crippen molar-refractivity contribution < 1.29 is 26.7 Å². The van der Waals surface area contributed by atoms with E-state index in [4.69, 9.17) is 4.74 Å². The lowest BCUT2D eigenvalue weighted by Gasteiger charge is -2.30. The summed E-state index contributed by atoms with van der Waals surface area (Å²) in [6.45, 7) is 3.23. The summed E-state index contributed by atoms with van der Waals surface area (Å²) in [4.78, 5) is 13.4. The third-order valence-electron chi connectivity index (χ3n) is 7.49. The average Bonchev–Trinajstić information content (AvgIpc) is 3.20. The van der Waals surface area contributed by atoms with E-state index in [1.807, 2.05) is 31.2 Å². The third-order valence-corrected chi connectivity index (χ3v) is 8.80. The summed E-state index contributed by atoms with van der Waals surface area (Å²) in [5.74, 6) is -0.603. The highest BCUT2D eigenvalue weighted by atomic mass is 32.2. The van der Waals surface area contributed by atoms with Gasteiger partial charge in [-0.1, -0.05) is 30.3 Å². The second-order valence-corrected chi connectivity index (χ2v) is 11.9. The molecule has 5 nitrogen and oxygen atoms in total. The van der Waals surface area contributed by atoms with E-state index in [0.29, 0.717) is 59.2 Å². The van der Waals surface area contributed by atoms with Gasteiger partial charge in [-0.15, -0.1) is 0 Å². The van der Waals surface area contributed by atoms with Crippen LogP contribution in [-0.2, 0) is 10.0 Å². The molecule has 0 aromatic heterocycles. The Hall–Kier alpha value is -3.36. The van der Waals surface area contributed by atoms with E-state index in [2.05, 4.69) is 0 Å². The number of allylic oxidation sites excluding steroid dienone is 1. The van der Waals surface area contributed by atoms with Crippen molar-refractivity contribution in [3.05, 3.63) is 88.5 Å². The molecule has 0 saturated carbocycles. The fourth-order valence-corrected chi connectivity index (χ4v) is 6.26. The Bertz CT molecular complexity index is 1540. The van der Waals surface area contributed by atoms with Crippen LogP contribution in [0.15, 0.2) is 54.6 Å². The molecule has 1 aliphatic carbocycles. The molecule has 8 heteroatoms. The first-order valence-corrected chi connectivity index (χ1v) is 14.5. The second kappa shape index (κ2) is 10.4. The van der Waals surface area contributed by atoms with Crippen molar-refractivity contribution >= 4 is 27.5 Å². The zero-order valence-corrected chi connectivity index (χ0v) is 22.2. The molecule has 38 heavy (non-hydrogen) atoms. The SMILES string of the molecule is Cc1c(-c2ccc(F)cc2F)ccc(OCCC2CCN(S(C)(=O)=O)CC2)c1C1=Cc2ccccc2C1=O. The minimum atomic E-state index is -3.18. The van der Waals surface area contributed by atoms with Gasteiger partial charge in [-0.25, -0.2) is 21.5 Å². The van der Waals surface area contributed by atoms with Crippen molar-refractivity contribution in [2.75, 3.05) is 26.0 Å². The van der Waals surface area contributed by atoms with E-state index in [-0.39, 0.29) is 11.3 Å². The summed E-state index contributed by atoms with van der Waals surface area (Å²) in [5, 5.41) is 0. The molecule has 3 aromatic rings. The fraction of sp³-hybridized carbons (Fsp3) is 0.300. The molecule has 0 amide bonds. The first-order valence-electron chi connectivity index (χ1n) is 12.7. The van der Waals surface area contributed by atoms with E-state index < -0.39 is 21.7 Å². The number of carbonyl (C=O) groups is 1. The van der Waals surface area contributed by atoms with Crippen molar-refractivity contribution in [1.29, 1.82) is 0 Å². The number of nitrogens with zero attached hydrogens (tertiary/aromatic N) is 1. The normalized spacial score (nSPS) is 16.4. The number of sulfonamides is 1. The number of rotatable bonds is 7. The zero-order valence-electron chi connectivity index (χ0n) is 21.3. The van der Waals surface area contributed by atoms with Crippen LogP contribution in [0.25, 0.3) is 22.8 Å². The largest absolute Gasteiger partial charge is 0.493 e. The number of halogens is 2. The molecule has 1 heterocycles. The summed E-state index contributed by atoms with van der Waals surface area (Å²) >= 11 is 0. The van der Waals surface area contributed by atoms with Crippen molar-refractivity contribution in [1.82, 2.24) is 4.31 Å². The lowest BCUT2D eigenvalue weighted by atomic mass is 9.90. The highest BCUT2D eigenvalue weighted by Crippen LogP contribution is 2.42. The van der Waals surface area contributed by atoms with E-state index in [1.54, 1.807) is 18.2 Å². The van der Waals surface area contributed by atoms with Gasteiger partial charge in [0, 0.05) is 41.4 Å². The van der Waals surface area contributed by atoms with Crippen molar-refractivity contribution in [3.63, 3.8) is 0 Å². The third kappa shape index (κ3) is 5.15. The molecule has 2 aliphatic rings. The number of benzene rings is 3. The molecular formula is C30H29F2NO4S. The first kappa shape index (κ1) is 26.3. The number of hydrogen-bond acceptors (Lipinski definition) is 4. The first-order chi connectivity index (χ1) is 18.1. The number of hydrogen-bond donors (Lipinski definition) is 0. The van der Waals surface area contributed by atoms with Crippen molar-refractivity contribution in [3.8, 4) is 16.9 Å². The van der Waals surface area contributed by atoms with Crippen LogP contribution < -0.4 is 4.74 Å². The van der Waals surface area contributed by atoms with E-state index >= 15 is 0 Å². The van der Waals surface area contributed by atoms with Crippen molar-refractivity contribution in [2.24, 2.45) is 5.92 Å². The number of fused-ring (bicyclic) bond motifs is 1. The van der Waals surface area contributed by atoms with Gasteiger partial charge in [-0.05, 0) is 73.1 Å². The van der Waals surface area contributed by atoms with Crippen LogP contribution in [0.3, 0.4) is 0 Å². The van der Waals surface area contributed by atoms with Crippen LogP contribution in [0.5, 0.6) is 5.75 Å². The van der Waals surface area contributed by atoms with Gasteiger partial charge < -0.3 is 4.74 Å². The molecule has 1 saturated heterocycles. The Kier molecular flexibility index (Phi) is 7.20. The standard InChI is InChI=1S/C30H29F2NO4S/c1-19-23(25-8-7-22(31)18-27(25)32)9-10-28(29(19)26-17-21-5-3-4-6-24(21)30(26)34)37-16-13-20-11-14-33(15-12-20)38(2,35)36/h3-10,17-18,20H,11-16H2,1-2H3. The zero-order chi connectivity index (χ0) is 27.0. The Morgan fingerprint density at radius 1 is 0.974 bits per heavy atom. The van der Waals surface area contributed by atoms with Crippen LogP contribution in [0, 0.1) is 24.5 Å². The monoisotopic (exact) mass is 537 g/mol. The van der Waals surface area contributed by atoms with Gasteiger partial charge in [-0.2, -0.15) is 0 Å². The molecular weight excluding hydrogens is 508 g/mol. The molecule has 0 N–H and O–H groups in total. The maximum absolute atomic E-state index is 14.7. The maximum Gasteiger partial charge on any atom is 0.211 e. The lowest BCUT2D eigenvalue weighted by Crippen LogP contribution is -2.38. The molecule has 198 valence electrons. The fourth-order valence-electron chi connectivity index (χ4n) is 5.39. The number of Topliss-reactive ketones (excluding diaryl/α,β-unsaturated/α-hetero) is 1. The van der Waals surface area contributed by atoms with Crippen LogP contribution in [0.1, 0.15) is 46.3 Å². The topological polar surface area (TPSA) is 63.7 Å². The molecule has 0 spiro atoms. The summed E-state index contributed by atoms with van der Waals surface area (Å²) < 4.78 is 59.6. The summed E-state index contributed by atoms with van der Waals surface area (Å²) in [7, 11) is -3.18. The summed E-state index contributed by atoms with van der Waals surface area (Å²) in [6.07, 6.45) is 5.35. The smallest absolute Gasteiger partial charge is 0.211 e. The predicted molar refractivity (Wildman–Crippen MR) is 144 cm³/mol. The molecule has 0 unspecified atom stereocenters. The Morgan fingerprint density at radius 2 is 1.68 bits per heavy atom. The number of ether oxygens (including phenoxy) is 1. The number of carbonyl (C=O) groups excluding carboxylic acids is 1. The van der Waals surface area contributed by atoms with Gasteiger partial charge in [0.2, 0.25) is 10.0 Å². The predicted octanol–water partition coefficient (Wildman–Crippen LogP) is 6.12. The molecule has 5 rings (SSSR count). The van der Waals surface area contributed by atoms with E-state index in [1.165, 1.54) is 22.7 Å². The van der Waals surface area contributed by atoms with Gasteiger partial charge in [0.15, 0.2) is 5.78 Å². The molecule has 1 aliphatic heterocycles. The van der Waals surface area contributed by atoms with E-state index in [0.717, 1.165) is 30.9 Å². The average molecular weight is 538 g/mol. The summed E-state index contributed by atoms with van der Waals surface area (Å²) in [5.41, 5.74) is 3.96. The molecule has 1 fully saturated rings. The van der Waals surface area contributed by atoms with Crippen LogP contribution in [0.4, 0.5) is 8.78 Å². The lowest BCUT2D eigenvalue weighted by molar-refractivity contribution is 0.105. The number of piperidine rings is 1. The summed E-state index contributed by atoms with van der Waals surface area (Å²) in [6, 6.07) is 14.3. The number of ketones is 1. The van der Waals surface area contributed by atoms with Gasteiger partial charge in [0.1, 0.15) is 17.4 Å². The minimum Gasteiger partial charge on any atom is -0.493 e. The molecule has 3 aromatic carbocycles. The highest BCUT2D eigenvalue weighted by molar-refractivity contribution is 7.88. The molecule has 0 atom stereocenters. The van der Waals surface area contributed by atoms with Gasteiger partial charge >= 0.3 is 0 Å². The Labute approximate surface area is 221 Å². The molecule has 0 radical (unpaired) electrons. The van der Waals surface area contributed by atoms with Gasteiger partial charge in [-0.3, -0.25) is 4.79 Å². The van der Waals surface area contributed by atoms with E-state index in [9.17, 15) is 22.0 Å². The van der Waals surface area contributed by atoms with Gasteiger partial charge in [0.05, 0.1) is 12.9 Å².